The summed E-state index contributed by atoms with van der Waals surface area (Å²) in [6.07, 6.45) is 0. The Morgan fingerprint density at radius 3 is 2.21 bits per heavy atom. The lowest BCUT2D eigenvalue weighted by Gasteiger charge is -2.10. The van der Waals surface area contributed by atoms with Crippen LogP contribution in [-0.4, -0.2) is 28.4 Å². The van der Waals surface area contributed by atoms with Gasteiger partial charge in [-0.3, -0.25) is 19.7 Å². The number of rotatable bonds is 6. The van der Waals surface area contributed by atoms with Crippen LogP contribution in [0, 0.1) is 17.0 Å². The second kappa shape index (κ2) is 10.6. The summed E-state index contributed by atoms with van der Waals surface area (Å²) in [6.45, 7) is 3.47. The zero-order valence-corrected chi connectivity index (χ0v) is 18.3. The second-order valence-electron chi connectivity index (χ2n) is 7.15. The number of non-ortho nitro benzene ring substituents is 1. The fourth-order valence-electron chi connectivity index (χ4n) is 2.80. The monoisotopic (exact) mass is 460 g/mol. The first-order valence-electron chi connectivity index (χ1n) is 10.0. The molecule has 2 amide bonds. The minimum Gasteiger partial charge on any atom is -0.422 e. The molecule has 0 unspecified atom stereocenters. The van der Waals surface area contributed by atoms with Crippen molar-refractivity contribution in [3.8, 4) is 5.75 Å². The number of amides is 2. The van der Waals surface area contributed by atoms with Gasteiger partial charge in [0.15, 0.2) is 0 Å². The Labute approximate surface area is 194 Å². The molecule has 0 heterocycles. The first kappa shape index (κ1) is 23.8. The highest BCUT2D eigenvalue weighted by Gasteiger charge is 2.16. The number of nitro groups is 1. The van der Waals surface area contributed by atoms with Gasteiger partial charge in [-0.05, 0) is 50.2 Å². The fraction of sp³-hybridized carbons (Fsp3) is 0.0833. The largest absolute Gasteiger partial charge is 0.422 e. The van der Waals surface area contributed by atoms with Crippen molar-refractivity contribution < 1.29 is 24.0 Å². The van der Waals surface area contributed by atoms with E-state index in [0.717, 1.165) is 5.56 Å². The van der Waals surface area contributed by atoms with Gasteiger partial charge in [-0.25, -0.2) is 10.2 Å². The van der Waals surface area contributed by atoms with Crippen LogP contribution in [-0.2, 0) is 9.59 Å². The number of ether oxygens (including phenoxy) is 1. The lowest BCUT2D eigenvalue weighted by Crippen LogP contribution is -2.33. The Hall–Kier alpha value is -4.86. The van der Waals surface area contributed by atoms with Crippen LogP contribution in [0.4, 0.5) is 11.4 Å². The Balaban J connectivity index is 1.68. The first-order chi connectivity index (χ1) is 16.2. The molecule has 0 bridgehead atoms. The number of carbonyl (C=O) groups excluding carboxylic acids is 3. The fourth-order valence-corrected chi connectivity index (χ4v) is 2.80. The molecule has 0 aliphatic carbocycles. The molecule has 0 fully saturated rings. The van der Waals surface area contributed by atoms with Gasteiger partial charge in [0, 0.05) is 23.4 Å². The number of hydrazone groups is 1. The lowest BCUT2D eigenvalue weighted by molar-refractivity contribution is -0.384. The van der Waals surface area contributed by atoms with Crippen molar-refractivity contribution in [3.63, 3.8) is 0 Å². The summed E-state index contributed by atoms with van der Waals surface area (Å²) in [4.78, 5) is 46.9. The number of nitrogens with one attached hydrogen (secondary N) is 2. The molecule has 0 aromatic heterocycles. The van der Waals surface area contributed by atoms with E-state index in [-0.39, 0.29) is 22.7 Å². The van der Waals surface area contributed by atoms with Crippen LogP contribution >= 0.6 is 0 Å². The summed E-state index contributed by atoms with van der Waals surface area (Å²) in [5.74, 6) is -2.43. The van der Waals surface area contributed by atoms with Crippen LogP contribution in [0.5, 0.6) is 5.75 Å². The topological polar surface area (TPSA) is 140 Å². The summed E-state index contributed by atoms with van der Waals surface area (Å²) in [5, 5.41) is 17.2. The van der Waals surface area contributed by atoms with Gasteiger partial charge < -0.3 is 10.1 Å². The quantitative estimate of drug-likeness (QED) is 0.144. The van der Waals surface area contributed by atoms with Crippen molar-refractivity contribution in [2.75, 3.05) is 5.32 Å². The second-order valence-corrected chi connectivity index (χ2v) is 7.15. The zero-order valence-electron chi connectivity index (χ0n) is 18.3. The number of nitro benzene ring substituents is 1. The molecule has 0 saturated carbocycles. The molecule has 3 rings (SSSR count). The number of esters is 1. The molecule has 0 aliphatic heterocycles. The van der Waals surface area contributed by atoms with E-state index in [0.29, 0.717) is 11.3 Å². The van der Waals surface area contributed by atoms with Crippen LogP contribution in [0.2, 0.25) is 0 Å². The third kappa shape index (κ3) is 6.10. The van der Waals surface area contributed by atoms with Crippen molar-refractivity contribution in [1.82, 2.24) is 5.43 Å². The van der Waals surface area contributed by atoms with E-state index in [1.54, 1.807) is 49.4 Å². The minimum atomic E-state index is -0.972. The molecule has 0 saturated heterocycles. The number of benzene rings is 3. The van der Waals surface area contributed by atoms with E-state index in [1.807, 2.05) is 6.92 Å². The summed E-state index contributed by atoms with van der Waals surface area (Å²) < 4.78 is 5.41. The number of para-hydroxylation sites is 1. The van der Waals surface area contributed by atoms with Gasteiger partial charge in [0.25, 0.3) is 5.69 Å². The van der Waals surface area contributed by atoms with E-state index >= 15 is 0 Å². The van der Waals surface area contributed by atoms with Gasteiger partial charge in [0.05, 0.1) is 16.2 Å². The van der Waals surface area contributed by atoms with E-state index in [4.69, 9.17) is 4.74 Å². The third-order valence-corrected chi connectivity index (χ3v) is 4.63. The maximum absolute atomic E-state index is 12.5. The Bertz CT molecular complexity index is 1270. The number of hydrogen-bond donors (Lipinski definition) is 2. The minimum absolute atomic E-state index is 0.121. The molecule has 34 heavy (non-hydrogen) atoms. The summed E-state index contributed by atoms with van der Waals surface area (Å²) in [7, 11) is 0. The molecular weight excluding hydrogens is 440 g/mol. The first-order valence-corrected chi connectivity index (χ1v) is 10.0. The van der Waals surface area contributed by atoms with Gasteiger partial charge >= 0.3 is 17.8 Å². The molecule has 2 N–H and O–H groups in total. The highest BCUT2D eigenvalue weighted by Crippen LogP contribution is 2.21. The maximum Gasteiger partial charge on any atom is 0.343 e. The predicted molar refractivity (Wildman–Crippen MR) is 125 cm³/mol. The highest BCUT2D eigenvalue weighted by molar-refractivity contribution is 6.39. The smallest absolute Gasteiger partial charge is 0.343 e. The van der Waals surface area contributed by atoms with Crippen molar-refractivity contribution in [1.29, 1.82) is 0 Å². The van der Waals surface area contributed by atoms with Crippen LogP contribution in [0.3, 0.4) is 0 Å². The summed E-state index contributed by atoms with van der Waals surface area (Å²) in [6, 6.07) is 18.4. The Morgan fingerprint density at radius 1 is 0.912 bits per heavy atom. The van der Waals surface area contributed by atoms with Gasteiger partial charge in [-0.2, -0.15) is 5.10 Å². The number of hydrogen-bond acceptors (Lipinski definition) is 7. The van der Waals surface area contributed by atoms with Crippen LogP contribution in [0.25, 0.3) is 0 Å². The molecule has 10 nitrogen and oxygen atoms in total. The molecule has 0 atom stereocenters. The van der Waals surface area contributed by atoms with Crippen LogP contribution in [0.1, 0.15) is 28.4 Å². The van der Waals surface area contributed by atoms with Crippen molar-refractivity contribution in [2.45, 2.75) is 13.8 Å². The average molecular weight is 460 g/mol. The van der Waals surface area contributed by atoms with Crippen LogP contribution in [0.15, 0.2) is 77.9 Å². The van der Waals surface area contributed by atoms with E-state index in [2.05, 4.69) is 15.8 Å². The van der Waals surface area contributed by atoms with Crippen molar-refractivity contribution in [2.24, 2.45) is 5.10 Å². The Morgan fingerprint density at radius 2 is 1.56 bits per heavy atom. The van der Waals surface area contributed by atoms with Gasteiger partial charge in [-0.1, -0.05) is 29.8 Å². The number of nitrogens with zero attached hydrogens (tertiary/aromatic N) is 2. The molecule has 10 heteroatoms. The van der Waals surface area contributed by atoms with Gasteiger partial charge in [0.2, 0.25) is 0 Å². The molecule has 0 spiro atoms. The van der Waals surface area contributed by atoms with Crippen LogP contribution < -0.4 is 15.5 Å². The summed E-state index contributed by atoms with van der Waals surface area (Å²) >= 11 is 0. The van der Waals surface area contributed by atoms with Gasteiger partial charge in [-0.15, -0.1) is 0 Å². The molecule has 172 valence electrons. The summed E-state index contributed by atoms with van der Waals surface area (Å²) in [5.41, 5.74) is 4.30. The average Bonchev–Trinajstić information content (AvgIpc) is 2.84. The third-order valence-electron chi connectivity index (χ3n) is 4.63. The standard InChI is InChI=1S/C24H20N4O6/c1-15-7-11-18(12-8-15)25-22(29)23(30)27-26-16(2)20-5-3-4-6-21(20)34-24(31)17-9-13-19(14-10-17)28(32)33/h3-14H,1-2H3,(H,25,29)(H,27,30)/b26-16+. The zero-order chi connectivity index (χ0) is 24.7. The molecule has 3 aromatic rings. The normalized spacial score (nSPS) is 10.8. The number of anilines is 1. The number of aryl methyl sites for hydroxylation is 1. The van der Waals surface area contributed by atoms with E-state index in [9.17, 15) is 24.5 Å². The molecule has 0 aliphatic rings. The highest BCUT2D eigenvalue weighted by atomic mass is 16.6. The molecule has 0 radical (unpaired) electrons. The lowest BCUT2D eigenvalue weighted by atomic mass is 10.1. The van der Waals surface area contributed by atoms with E-state index < -0.39 is 22.7 Å². The molecular formula is C24H20N4O6. The SMILES string of the molecule is C/C(=N\NC(=O)C(=O)Nc1ccc(C)cc1)c1ccccc1OC(=O)c1ccc([N+](=O)[O-])cc1. The van der Waals surface area contributed by atoms with Crippen molar-refractivity contribution in [3.05, 3.63) is 99.6 Å². The predicted octanol–water partition coefficient (Wildman–Crippen LogP) is 3.60. The number of carbonyl (C=O) groups is 3. The van der Waals surface area contributed by atoms with Gasteiger partial charge in [0.1, 0.15) is 5.75 Å². The maximum atomic E-state index is 12.5. The Kier molecular flexibility index (Phi) is 7.45. The van der Waals surface area contributed by atoms with Crippen molar-refractivity contribution >= 4 is 34.9 Å². The van der Waals surface area contributed by atoms with E-state index in [1.165, 1.54) is 30.3 Å². The molecule has 3 aromatic carbocycles.